The lowest BCUT2D eigenvalue weighted by atomic mass is 9.95. The molecule has 2 aromatic carbocycles. The van der Waals surface area contributed by atoms with Crippen molar-refractivity contribution in [2.45, 2.75) is 38.6 Å². The smallest absolute Gasteiger partial charge is 0.263 e. The van der Waals surface area contributed by atoms with Gasteiger partial charge in [0.1, 0.15) is 15.9 Å². The summed E-state index contributed by atoms with van der Waals surface area (Å²) in [6.45, 7) is 1.66. The van der Waals surface area contributed by atoms with E-state index in [1.54, 1.807) is 6.92 Å². The first-order chi connectivity index (χ1) is 18.9. The zero-order valence-electron chi connectivity index (χ0n) is 21.3. The van der Waals surface area contributed by atoms with Crippen LogP contribution >= 0.6 is 22.7 Å². The van der Waals surface area contributed by atoms with Gasteiger partial charge in [-0.25, -0.2) is 4.98 Å². The average molecular weight is 555 g/mol. The molecule has 196 valence electrons. The van der Waals surface area contributed by atoms with Gasteiger partial charge in [-0.2, -0.15) is 0 Å². The highest BCUT2D eigenvalue weighted by Crippen LogP contribution is 2.38. The van der Waals surface area contributed by atoms with Gasteiger partial charge in [-0.3, -0.25) is 19.0 Å². The standard InChI is InChI=1S/C30H26N4O3S2/c1-17(27(36)33-29-24(26(31)35)21-9-5-6-10-23(21)39-29)34-16-32-28-25(30(34)37)22(15-38-28)20-13-11-19(12-14-20)18-7-3-2-4-8-18/h2-4,7-8,11-17H,5-6,9-10H2,1H3,(H2,31,35)(H,33,36). The average Bonchev–Trinajstić information content (AvgIpc) is 3.55. The summed E-state index contributed by atoms with van der Waals surface area (Å²) in [5.74, 6) is -0.942. The number of carbonyl (C=O) groups excluding carboxylic acids is 2. The Labute approximate surface area is 233 Å². The number of rotatable bonds is 6. The van der Waals surface area contributed by atoms with Crippen LogP contribution in [0.1, 0.15) is 46.6 Å². The zero-order valence-corrected chi connectivity index (χ0v) is 22.9. The van der Waals surface area contributed by atoms with Crippen LogP contribution in [-0.4, -0.2) is 21.4 Å². The topological polar surface area (TPSA) is 107 Å². The number of carbonyl (C=O) groups is 2. The third-order valence-electron chi connectivity index (χ3n) is 7.27. The molecule has 5 aromatic rings. The van der Waals surface area contributed by atoms with Crippen molar-refractivity contribution in [2.24, 2.45) is 5.73 Å². The molecule has 0 fully saturated rings. The third-order valence-corrected chi connectivity index (χ3v) is 9.37. The fourth-order valence-electron chi connectivity index (χ4n) is 5.16. The summed E-state index contributed by atoms with van der Waals surface area (Å²) < 4.78 is 1.35. The minimum atomic E-state index is -0.845. The summed E-state index contributed by atoms with van der Waals surface area (Å²) in [7, 11) is 0. The predicted octanol–water partition coefficient (Wildman–Crippen LogP) is 6.03. The number of nitrogens with zero attached hydrogens (tertiary/aromatic N) is 2. The molecule has 6 rings (SSSR count). The highest BCUT2D eigenvalue weighted by atomic mass is 32.1. The monoisotopic (exact) mass is 554 g/mol. The first kappa shape index (κ1) is 25.2. The minimum Gasteiger partial charge on any atom is -0.365 e. The lowest BCUT2D eigenvalue weighted by Crippen LogP contribution is -2.32. The van der Waals surface area contributed by atoms with Crippen LogP contribution in [0, 0.1) is 0 Å². The molecule has 0 aliphatic heterocycles. The summed E-state index contributed by atoms with van der Waals surface area (Å²) in [6.07, 6.45) is 5.12. The molecule has 1 atom stereocenters. The maximum absolute atomic E-state index is 13.7. The van der Waals surface area contributed by atoms with Crippen molar-refractivity contribution in [2.75, 3.05) is 5.32 Å². The molecular formula is C30H26N4O3S2. The molecule has 1 aliphatic rings. The van der Waals surface area contributed by atoms with E-state index in [9.17, 15) is 14.4 Å². The predicted molar refractivity (Wildman–Crippen MR) is 158 cm³/mol. The number of aryl methyl sites for hydroxylation is 1. The number of amides is 2. The van der Waals surface area contributed by atoms with Crippen LogP contribution in [-0.2, 0) is 17.6 Å². The maximum Gasteiger partial charge on any atom is 0.263 e. The van der Waals surface area contributed by atoms with Crippen molar-refractivity contribution in [1.29, 1.82) is 0 Å². The lowest BCUT2D eigenvalue weighted by molar-refractivity contribution is -0.118. The fraction of sp³-hybridized carbons (Fsp3) is 0.200. The van der Waals surface area contributed by atoms with Crippen LogP contribution in [0.15, 0.2) is 71.1 Å². The van der Waals surface area contributed by atoms with Gasteiger partial charge in [-0.15, -0.1) is 22.7 Å². The molecule has 0 radical (unpaired) electrons. The number of nitrogens with two attached hydrogens (primary N) is 1. The Hall–Kier alpha value is -4.08. The number of hydrogen-bond donors (Lipinski definition) is 2. The maximum atomic E-state index is 13.7. The van der Waals surface area contributed by atoms with Crippen LogP contribution in [0.3, 0.4) is 0 Å². The molecule has 0 saturated carbocycles. The Morgan fingerprint density at radius 3 is 2.44 bits per heavy atom. The number of aromatic nitrogens is 2. The van der Waals surface area contributed by atoms with E-state index in [0.717, 1.165) is 58.4 Å². The summed E-state index contributed by atoms with van der Waals surface area (Å²) in [6, 6.07) is 17.3. The van der Waals surface area contributed by atoms with Crippen LogP contribution in [0.5, 0.6) is 0 Å². The molecule has 39 heavy (non-hydrogen) atoms. The van der Waals surface area contributed by atoms with Gasteiger partial charge in [-0.1, -0.05) is 54.6 Å². The molecule has 3 heterocycles. The molecule has 0 saturated heterocycles. The van der Waals surface area contributed by atoms with Crippen molar-refractivity contribution in [1.82, 2.24) is 9.55 Å². The van der Waals surface area contributed by atoms with Gasteiger partial charge in [0, 0.05) is 15.8 Å². The molecule has 1 aliphatic carbocycles. The summed E-state index contributed by atoms with van der Waals surface area (Å²) in [5.41, 5.74) is 10.7. The van der Waals surface area contributed by atoms with Crippen molar-refractivity contribution in [3.05, 3.63) is 92.7 Å². The van der Waals surface area contributed by atoms with E-state index in [2.05, 4.69) is 22.4 Å². The van der Waals surface area contributed by atoms with Crippen LogP contribution in [0.2, 0.25) is 0 Å². The van der Waals surface area contributed by atoms with E-state index >= 15 is 0 Å². The first-order valence-electron chi connectivity index (χ1n) is 12.8. The van der Waals surface area contributed by atoms with E-state index in [1.807, 2.05) is 47.8 Å². The molecule has 0 spiro atoms. The largest absolute Gasteiger partial charge is 0.365 e. The summed E-state index contributed by atoms with van der Waals surface area (Å²) in [5, 5.41) is 5.76. The number of anilines is 1. The number of thiophene rings is 2. The second-order valence-corrected chi connectivity index (χ2v) is 11.6. The van der Waals surface area contributed by atoms with Crippen molar-refractivity contribution in [3.63, 3.8) is 0 Å². The molecule has 3 N–H and O–H groups in total. The van der Waals surface area contributed by atoms with Gasteiger partial charge >= 0.3 is 0 Å². The van der Waals surface area contributed by atoms with Gasteiger partial charge in [0.2, 0.25) is 5.91 Å². The quantitative estimate of drug-likeness (QED) is 0.267. The van der Waals surface area contributed by atoms with Gasteiger partial charge in [0.25, 0.3) is 11.5 Å². The number of fused-ring (bicyclic) bond motifs is 2. The molecule has 7 nitrogen and oxygen atoms in total. The zero-order chi connectivity index (χ0) is 27.1. The van der Waals surface area contributed by atoms with E-state index in [-0.39, 0.29) is 5.56 Å². The highest BCUT2D eigenvalue weighted by molar-refractivity contribution is 7.17. The van der Waals surface area contributed by atoms with E-state index in [4.69, 9.17) is 5.73 Å². The van der Waals surface area contributed by atoms with Crippen LogP contribution in [0.4, 0.5) is 5.00 Å². The Kier molecular flexibility index (Phi) is 6.62. The second-order valence-electron chi connectivity index (χ2n) is 9.67. The second kappa shape index (κ2) is 10.2. The number of nitrogens with one attached hydrogen (secondary N) is 1. The SMILES string of the molecule is CC(C(=O)Nc1sc2c(c1C(N)=O)CCCC2)n1cnc2scc(-c3ccc(-c4ccccc4)cc3)c2c1=O. The Morgan fingerprint density at radius 1 is 1.00 bits per heavy atom. The normalized spacial score (nSPS) is 13.7. The van der Waals surface area contributed by atoms with Gasteiger partial charge in [0.15, 0.2) is 0 Å². The van der Waals surface area contributed by atoms with Crippen LogP contribution in [0.25, 0.3) is 32.5 Å². The van der Waals surface area contributed by atoms with E-state index < -0.39 is 17.9 Å². The van der Waals surface area contributed by atoms with Gasteiger partial charge < -0.3 is 11.1 Å². The first-order valence-corrected chi connectivity index (χ1v) is 14.5. The van der Waals surface area contributed by atoms with Gasteiger partial charge in [0.05, 0.1) is 17.3 Å². The molecule has 2 amide bonds. The molecule has 9 heteroatoms. The van der Waals surface area contributed by atoms with Crippen molar-refractivity contribution >= 4 is 49.7 Å². The van der Waals surface area contributed by atoms with E-state index in [0.29, 0.717) is 20.8 Å². The number of hydrogen-bond acceptors (Lipinski definition) is 6. The van der Waals surface area contributed by atoms with E-state index in [1.165, 1.54) is 33.6 Å². The van der Waals surface area contributed by atoms with Crippen molar-refractivity contribution in [3.8, 4) is 22.3 Å². The third kappa shape index (κ3) is 4.57. The highest BCUT2D eigenvalue weighted by Gasteiger charge is 2.27. The fourth-order valence-corrected chi connectivity index (χ4v) is 7.37. The number of benzene rings is 2. The molecule has 0 bridgehead atoms. The Morgan fingerprint density at radius 2 is 1.69 bits per heavy atom. The van der Waals surface area contributed by atoms with Crippen molar-refractivity contribution < 1.29 is 9.59 Å². The summed E-state index contributed by atoms with van der Waals surface area (Å²) >= 11 is 2.81. The van der Waals surface area contributed by atoms with Crippen LogP contribution < -0.4 is 16.6 Å². The Balaban J connectivity index is 1.31. The number of primary amides is 1. The minimum absolute atomic E-state index is 0.286. The lowest BCUT2D eigenvalue weighted by Gasteiger charge is -2.15. The molecular weight excluding hydrogens is 528 g/mol. The van der Waals surface area contributed by atoms with Gasteiger partial charge in [-0.05, 0) is 54.9 Å². The summed E-state index contributed by atoms with van der Waals surface area (Å²) in [4.78, 5) is 45.4. The Bertz CT molecular complexity index is 1770. The molecule has 1 unspecified atom stereocenters. The molecule has 3 aromatic heterocycles.